The van der Waals surface area contributed by atoms with Crippen LogP contribution in [0.5, 0.6) is 0 Å². The first kappa shape index (κ1) is 11.5. The Bertz CT molecular complexity index is 342. The van der Waals surface area contributed by atoms with Crippen LogP contribution < -0.4 is 0 Å². The van der Waals surface area contributed by atoms with Crippen molar-refractivity contribution in [1.29, 1.82) is 0 Å². The van der Waals surface area contributed by atoms with E-state index in [0.717, 1.165) is 0 Å². The lowest BCUT2D eigenvalue weighted by Crippen LogP contribution is -2.16. The molecular formula is C11H14ClFO. The Balaban J connectivity index is 3.30. The second kappa shape index (κ2) is 3.87. The lowest BCUT2D eigenvalue weighted by Gasteiger charge is -2.19. The van der Waals surface area contributed by atoms with Crippen molar-refractivity contribution in [2.45, 2.75) is 32.8 Å². The van der Waals surface area contributed by atoms with E-state index >= 15 is 0 Å². The Kier molecular flexibility index (Phi) is 3.17. The zero-order valence-corrected chi connectivity index (χ0v) is 9.32. The fourth-order valence-electron chi connectivity index (χ4n) is 1.26. The van der Waals surface area contributed by atoms with Gasteiger partial charge in [-0.25, -0.2) is 4.39 Å². The Morgan fingerprint density at radius 2 is 2.00 bits per heavy atom. The molecule has 78 valence electrons. The molecule has 0 heterocycles. The predicted octanol–water partition coefficient (Wildman–Crippen LogP) is 3.27. The van der Waals surface area contributed by atoms with E-state index in [-0.39, 0.29) is 10.8 Å². The summed E-state index contributed by atoms with van der Waals surface area (Å²) >= 11 is 5.72. The third-order valence-corrected chi connectivity index (χ3v) is 2.47. The summed E-state index contributed by atoms with van der Waals surface area (Å²) in [4.78, 5) is 0. The highest BCUT2D eigenvalue weighted by molar-refractivity contribution is 6.30. The van der Waals surface area contributed by atoms with Crippen molar-refractivity contribution in [2.24, 2.45) is 0 Å². The minimum atomic E-state index is -0.985. The van der Waals surface area contributed by atoms with Crippen molar-refractivity contribution < 1.29 is 9.50 Å². The standard InChI is InChI=1S/C11H14ClFO/c1-4-7-5-8(11(2,3)14)6-9(12)10(7)13/h5-6,14H,4H2,1-3H3. The number of benzene rings is 1. The van der Waals surface area contributed by atoms with Gasteiger partial charge in [0, 0.05) is 0 Å². The van der Waals surface area contributed by atoms with Crippen LogP contribution in [0, 0.1) is 5.82 Å². The molecule has 0 saturated heterocycles. The van der Waals surface area contributed by atoms with E-state index in [2.05, 4.69) is 0 Å². The van der Waals surface area contributed by atoms with Crippen LogP contribution in [0.15, 0.2) is 12.1 Å². The van der Waals surface area contributed by atoms with E-state index in [1.807, 2.05) is 6.92 Å². The highest BCUT2D eigenvalue weighted by Gasteiger charge is 2.19. The van der Waals surface area contributed by atoms with Crippen molar-refractivity contribution in [2.75, 3.05) is 0 Å². The quantitative estimate of drug-likeness (QED) is 0.805. The van der Waals surface area contributed by atoms with Gasteiger partial charge in [0.2, 0.25) is 0 Å². The number of aliphatic hydroxyl groups is 1. The van der Waals surface area contributed by atoms with Gasteiger partial charge in [0.15, 0.2) is 0 Å². The van der Waals surface area contributed by atoms with Gasteiger partial charge >= 0.3 is 0 Å². The average Bonchev–Trinajstić information content (AvgIpc) is 2.07. The number of halogens is 2. The summed E-state index contributed by atoms with van der Waals surface area (Å²) in [5.41, 5.74) is 0.191. The van der Waals surface area contributed by atoms with Gasteiger partial charge < -0.3 is 5.11 Å². The second-order valence-electron chi connectivity index (χ2n) is 3.84. The zero-order chi connectivity index (χ0) is 10.9. The Hall–Kier alpha value is -0.600. The number of hydrogen-bond donors (Lipinski definition) is 1. The molecule has 1 rings (SSSR count). The molecule has 0 aliphatic carbocycles. The maximum atomic E-state index is 13.4. The number of hydrogen-bond acceptors (Lipinski definition) is 1. The van der Waals surface area contributed by atoms with Crippen molar-refractivity contribution >= 4 is 11.6 Å². The van der Waals surface area contributed by atoms with Crippen LogP contribution in [0.3, 0.4) is 0 Å². The molecular weight excluding hydrogens is 203 g/mol. The topological polar surface area (TPSA) is 20.2 Å². The van der Waals surface area contributed by atoms with Crippen LogP contribution in [0.1, 0.15) is 31.9 Å². The predicted molar refractivity (Wildman–Crippen MR) is 56.0 cm³/mol. The normalized spacial score (nSPS) is 11.9. The Morgan fingerprint density at radius 1 is 1.43 bits per heavy atom. The summed E-state index contributed by atoms with van der Waals surface area (Å²) in [6, 6.07) is 3.12. The number of aryl methyl sites for hydroxylation is 1. The average molecular weight is 217 g/mol. The SMILES string of the molecule is CCc1cc(C(C)(C)O)cc(Cl)c1F. The molecule has 0 aliphatic rings. The molecule has 0 unspecified atom stereocenters. The molecule has 0 aliphatic heterocycles. The lowest BCUT2D eigenvalue weighted by molar-refractivity contribution is 0.0784. The van der Waals surface area contributed by atoms with Crippen molar-refractivity contribution in [1.82, 2.24) is 0 Å². The minimum absolute atomic E-state index is 0.0708. The molecule has 0 atom stereocenters. The fraction of sp³-hybridized carbons (Fsp3) is 0.455. The van der Waals surface area contributed by atoms with Gasteiger partial charge in [0.1, 0.15) is 5.82 Å². The van der Waals surface area contributed by atoms with E-state index in [1.54, 1.807) is 19.9 Å². The molecule has 0 saturated carbocycles. The Labute approximate surface area is 88.5 Å². The summed E-state index contributed by atoms with van der Waals surface area (Å²) in [7, 11) is 0. The van der Waals surface area contributed by atoms with Gasteiger partial charge in [-0.15, -0.1) is 0 Å². The van der Waals surface area contributed by atoms with E-state index < -0.39 is 5.60 Å². The van der Waals surface area contributed by atoms with Crippen LogP contribution in [0.2, 0.25) is 5.02 Å². The molecule has 0 bridgehead atoms. The molecule has 0 spiro atoms. The fourth-order valence-corrected chi connectivity index (χ4v) is 1.50. The minimum Gasteiger partial charge on any atom is -0.386 e. The molecule has 1 N–H and O–H groups in total. The van der Waals surface area contributed by atoms with Crippen molar-refractivity contribution in [3.8, 4) is 0 Å². The maximum Gasteiger partial charge on any atom is 0.144 e. The monoisotopic (exact) mass is 216 g/mol. The van der Waals surface area contributed by atoms with Crippen LogP contribution in [-0.2, 0) is 12.0 Å². The largest absolute Gasteiger partial charge is 0.386 e. The third-order valence-electron chi connectivity index (χ3n) is 2.19. The van der Waals surface area contributed by atoms with Gasteiger partial charge in [0.05, 0.1) is 10.6 Å². The highest BCUT2D eigenvalue weighted by atomic mass is 35.5. The molecule has 0 amide bonds. The van der Waals surface area contributed by atoms with E-state index in [0.29, 0.717) is 17.5 Å². The van der Waals surface area contributed by atoms with Gasteiger partial charge in [-0.3, -0.25) is 0 Å². The highest BCUT2D eigenvalue weighted by Crippen LogP contribution is 2.27. The zero-order valence-electron chi connectivity index (χ0n) is 8.56. The molecule has 0 radical (unpaired) electrons. The first-order chi connectivity index (χ1) is 6.36. The van der Waals surface area contributed by atoms with Gasteiger partial charge in [-0.1, -0.05) is 18.5 Å². The molecule has 1 nitrogen and oxygen atoms in total. The molecule has 1 aromatic carbocycles. The molecule has 14 heavy (non-hydrogen) atoms. The summed E-state index contributed by atoms with van der Waals surface area (Å²) in [5.74, 6) is -0.387. The summed E-state index contributed by atoms with van der Waals surface area (Å²) < 4.78 is 13.4. The van der Waals surface area contributed by atoms with Crippen LogP contribution in [0.4, 0.5) is 4.39 Å². The third kappa shape index (κ3) is 2.25. The molecule has 1 aromatic rings. The van der Waals surface area contributed by atoms with Crippen LogP contribution in [-0.4, -0.2) is 5.11 Å². The number of rotatable bonds is 2. The maximum absolute atomic E-state index is 13.4. The van der Waals surface area contributed by atoms with E-state index in [1.165, 1.54) is 6.07 Å². The summed E-state index contributed by atoms with van der Waals surface area (Å²) in [6.07, 6.45) is 0.565. The van der Waals surface area contributed by atoms with Crippen molar-refractivity contribution in [3.63, 3.8) is 0 Å². The van der Waals surface area contributed by atoms with E-state index in [4.69, 9.17) is 11.6 Å². The molecule has 3 heteroatoms. The first-order valence-corrected chi connectivity index (χ1v) is 4.94. The van der Waals surface area contributed by atoms with Crippen molar-refractivity contribution in [3.05, 3.63) is 34.1 Å². The lowest BCUT2D eigenvalue weighted by atomic mass is 9.95. The summed E-state index contributed by atoms with van der Waals surface area (Å²) in [6.45, 7) is 5.15. The van der Waals surface area contributed by atoms with E-state index in [9.17, 15) is 9.50 Å². The van der Waals surface area contributed by atoms with Crippen LogP contribution in [0.25, 0.3) is 0 Å². The Morgan fingerprint density at radius 3 is 2.43 bits per heavy atom. The smallest absolute Gasteiger partial charge is 0.144 e. The summed E-state index contributed by atoms with van der Waals surface area (Å²) in [5, 5.41) is 9.81. The molecule has 0 aromatic heterocycles. The first-order valence-electron chi connectivity index (χ1n) is 4.57. The van der Waals surface area contributed by atoms with Gasteiger partial charge in [-0.05, 0) is 43.5 Å². The molecule has 0 fully saturated rings. The van der Waals surface area contributed by atoms with Crippen LogP contribution >= 0.6 is 11.6 Å². The second-order valence-corrected chi connectivity index (χ2v) is 4.25. The van der Waals surface area contributed by atoms with Gasteiger partial charge in [0.25, 0.3) is 0 Å². The van der Waals surface area contributed by atoms with Gasteiger partial charge in [-0.2, -0.15) is 0 Å².